The van der Waals surface area contributed by atoms with Crippen LogP contribution in [-0.2, 0) is 0 Å². The number of hydrogen-bond acceptors (Lipinski definition) is 1. The second-order valence-electron chi connectivity index (χ2n) is 7.34. The van der Waals surface area contributed by atoms with Crippen LogP contribution < -0.4 is 4.74 Å². The van der Waals surface area contributed by atoms with E-state index in [0.29, 0.717) is 11.5 Å². The van der Waals surface area contributed by atoms with Gasteiger partial charge in [-0.25, -0.2) is 0 Å². The summed E-state index contributed by atoms with van der Waals surface area (Å²) in [5.74, 6) is 1.04. The largest absolute Gasteiger partial charge is 0.490 e. The van der Waals surface area contributed by atoms with E-state index in [1.165, 1.54) is 62.5 Å². The van der Waals surface area contributed by atoms with Crippen LogP contribution in [0.1, 0.15) is 77.2 Å². The summed E-state index contributed by atoms with van der Waals surface area (Å²) in [4.78, 5) is 0. The van der Waals surface area contributed by atoms with E-state index in [2.05, 4.69) is 44.2 Å². The molecule has 0 atom stereocenters. The molecule has 0 aromatic heterocycles. The SMILES string of the molecule is CC/C=C(\C)c1ccc(OC2CCC3(CCCC3)CC2)cc1. The zero-order valence-corrected chi connectivity index (χ0v) is 14.2. The molecule has 0 saturated heterocycles. The molecule has 1 nitrogen and oxygen atoms in total. The summed E-state index contributed by atoms with van der Waals surface area (Å²) in [6.45, 7) is 4.36. The smallest absolute Gasteiger partial charge is 0.119 e. The maximum absolute atomic E-state index is 6.23. The molecule has 2 saturated carbocycles. The summed E-state index contributed by atoms with van der Waals surface area (Å²) in [6.07, 6.45) is 14.9. The number of benzene rings is 1. The zero-order valence-electron chi connectivity index (χ0n) is 14.2. The predicted octanol–water partition coefficient (Wildman–Crippen LogP) is 6.38. The Kier molecular flexibility index (Phi) is 4.90. The van der Waals surface area contributed by atoms with E-state index < -0.39 is 0 Å². The fourth-order valence-electron chi connectivity index (χ4n) is 4.36. The molecule has 1 aromatic carbocycles. The molecular weight excluding hydrogens is 268 g/mol. The Morgan fingerprint density at radius 1 is 1.09 bits per heavy atom. The fourth-order valence-corrected chi connectivity index (χ4v) is 4.36. The molecule has 2 aliphatic rings. The van der Waals surface area contributed by atoms with Gasteiger partial charge in [-0.3, -0.25) is 0 Å². The van der Waals surface area contributed by atoms with E-state index in [1.807, 2.05) is 0 Å². The summed E-state index contributed by atoms with van der Waals surface area (Å²) in [5.41, 5.74) is 3.36. The highest BCUT2D eigenvalue weighted by Gasteiger charge is 2.37. The normalized spacial score (nSPS) is 22.2. The van der Waals surface area contributed by atoms with Crippen molar-refractivity contribution in [1.29, 1.82) is 0 Å². The van der Waals surface area contributed by atoms with Gasteiger partial charge < -0.3 is 4.74 Å². The van der Waals surface area contributed by atoms with Gasteiger partial charge in [-0.05, 0) is 80.6 Å². The third-order valence-electron chi connectivity index (χ3n) is 5.78. The van der Waals surface area contributed by atoms with Gasteiger partial charge in [-0.15, -0.1) is 0 Å². The fraction of sp³-hybridized carbons (Fsp3) is 0.619. The van der Waals surface area contributed by atoms with Crippen LogP contribution in [0.3, 0.4) is 0 Å². The van der Waals surface area contributed by atoms with Crippen molar-refractivity contribution in [1.82, 2.24) is 0 Å². The molecule has 22 heavy (non-hydrogen) atoms. The van der Waals surface area contributed by atoms with E-state index in [1.54, 1.807) is 0 Å². The summed E-state index contributed by atoms with van der Waals surface area (Å²) in [6, 6.07) is 8.67. The second-order valence-corrected chi connectivity index (χ2v) is 7.34. The van der Waals surface area contributed by atoms with Crippen LogP contribution in [0.4, 0.5) is 0 Å². The van der Waals surface area contributed by atoms with Crippen molar-refractivity contribution >= 4 is 5.57 Å². The quantitative estimate of drug-likeness (QED) is 0.626. The predicted molar refractivity (Wildman–Crippen MR) is 94.2 cm³/mol. The number of allylic oxidation sites excluding steroid dienone is 2. The first-order valence-corrected chi connectivity index (χ1v) is 9.15. The van der Waals surface area contributed by atoms with Crippen molar-refractivity contribution in [2.75, 3.05) is 0 Å². The van der Waals surface area contributed by atoms with Crippen molar-refractivity contribution in [2.45, 2.75) is 77.7 Å². The summed E-state index contributed by atoms with van der Waals surface area (Å²) in [7, 11) is 0. The van der Waals surface area contributed by atoms with E-state index in [9.17, 15) is 0 Å². The lowest BCUT2D eigenvalue weighted by atomic mass is 9.72. The monoisotopic (exact) mass is 298 g/mol. The summed E-state index contributed by atoms with van der Waals surface area (Å²) >= 11 is 0. The van der Waals surface area contributed by atoms with Crippen molar-refractivity contribution in [3.63, 3.8) is 0 Å². The molecule has 0 bridgehead atoms. The summed E-state index contributed by atoms with van der Waals surface area (Å²) in [5, 5.41) is 0. The van der Waals surface area contributed by atoms with Crippen LogP contribution in [0.2, 0.25) is 0 Å². The van der Waals surface area contributed by atoms with Gasteiger partial charge in [-0.1, -0.05) is 38.0 Å². The van der Waals surface area contributed by atoms with Crippen LogP contribution in [0.25, 0.3) is 5.57 Å². The average Bonchev–Trinajstić information content (AvgIpc) is 2.99. The van der Waals surface area contributed by atoms with Crippen LogP contribution >= 0.6 is 0 Å². The van der Waals surface area contributed by atoms with Gasteiger partial charge in [0.05, 0.1) is 6.10 Å². The minimum atomic E-state index is 0.435. The molecule has 120 valence electrons. The molecule has 1 heteroatoms. The molecule has 2 fully saturated rings. The van der Waals surface area contributed by atoms with E-state index in [4.69, 9.17) is 4.74 Å². The van der Waals surface area contributed by atoms with Crippen LogP contribution in [0.5, 0.6) is 5.75 Å². The molecule has 0 radical (unpaired) electrons. The van der Waals surface area contributed by atoms with Gasteiger partial charge in [0.25, 0.3) is 0 Å². The van der Waals surface area contributed by atoms with Crippen molar-refractivity contribution in [3.05, 3.63) is 35.9 Å². The van der Waals surface area contributed by atoms with Gasteiger partial charge in [0, 0.05) is 0 Å². The lowest BCUT2D eigenvalue weighted by Crippen LogP contribution is -2.30. The van der Waals surface area contributed by atoms with E-state index >= 15 is 0 Å². The molecule has 0 heterocycles. The highest BCUT2D eigenvalue weighted by atomic mass is 16.5. The zero-order chi connectivity index (χ0) is 15.4. The Morgan fingerprint density at radius 2 is 1.73 bits per heavy atom. The van der Waals surface area contributed by atoms with Crippen LogP contribution in [0.15, 0.2) is 30.3 Å². The minimum absolute atomic E-state index is 0.435. The van der Waals surface area contributed by atoms with Gasteiger partial charge in [0.15, 0.2) is 0 Å². The molecule has 0 aliphatic heterocycles. The van der Waals surface area contributed by atoms with Crippen molar-refractivity contribution in [2.24, 2.45) is 5.41 Å². The Hall–Kier alpha value is -1.24. The first-order valence-electron chi connectivity index (χ1n) is 9.15. The molecule has 3 rings (SSSR count). The van der Waals surface area contributed by atoms with E-state index in [0.717, 1.165) is 12.2 Å². The van der Waals surface area contributed by atoms with Gasteiger partial charge in [-0.2, -0.15) is 0 Å². The average molecular weight is 298 g/mol. The molecule has 1 spiro atoms. The first kappa shape index (κ1) is 15.6. The van der Waals surface area contributed by atoms with Gasteiger partial charge in [0.2, 0.25) is 0 Å². The van der Waals surface area contributed by atoms with Gasteiger partial charge >= 0.3 is 0 Å². The molecule has 0 amide bonds. The van der Waals surface area contributed by atoms with E-state index in [-0.39, 0.29) is 0 Å². The second kappa shape index (κ2) is 6.89. The standard InChI is InChI=1S/C21H30O/c1-3-6-17(2)18-7-9-19(10-8-18)22-20-11-15-21(16-12-20)13-4-5-14-21/h6-10,20H,3-5,11-16H2,1-2H3/b17-6+. The number of hydrogen-bond donors (Lipinski definition) is 0. The topological polar surface area (TPSA) is 9.23 Å². The molecule has 0 N–H and O–H groups in total. The maximum atomic E-state index is 6.23. The van der Waals surface area contributed by atoms with Crippen LogP contribution in [-0.4, -0.2) is 6.10 Å². The number of ether oxygens (including phenoxy) is 1. The molecule has 0 unspecified atom stereocenters. The highest BCUT2D eigenvalue weighted by molar-refractivity contribution is 5.64. The minimum Gasteiger partial charge on any atom is -0.490 e. The van der Waals surface area contributed by atoms with Crippen LogP contribution in [0, 0.1) is 5.41 Å². The highest BCUT2D eigenvalue weighted by Crippen LogP contribution is 2.49. The Bertz CT molecular complexity index is 495. The maximum Gasteiger partial charge on any atom is 0.119 e. The Labute approximate surface area is 135 Å². The molecular formula is C21H30O. The molecule has 2 aliphatic carbocycles. The lowest BCUT2D eigenvalue weighted by molar-refractivity contribution is 0.0824. The van der Waals surface area contributed by atoms with Crippen molar-refractivity contribution in [3.8, 4) is 5.75 Å². The third-order valence-corrected chi connectivity index (χ3v) is 5.78. The third kappa shape index (κ3) is 3.56. The van der Waals surface area contributed by atoms with Gasteiger partial charge in [0.1, 0.15) is 5.75 Å². The Balaban J connectivity index is 1.54. The van der Waals surface area contributed by atoms with Crippen molar-refractivity contribution < 1.29 is 4.74 Å². The first-order chi connectivity index (χ1) is 10.7. The number of rotatable bonds is 4. The summed E-state index contributed by atoms with van der Waals surface area (Å²) < 4.78 is 6.23. The lowest BCUT2D eigenvalue weighted by Gasteiger charge is -2.37. The Morgan fingerprint density at radius 3 is 2.32 bits per heavy atom. The molecule has 1 aromatic rings.